The third-order valence-corrected chi connectivity index (χ3v) is 4.77. The molecule has 110 valence electrons. The molecule has 0 saturated carbocycles. The number of hydrogen-bond donors (Lipinski definition) is 2. The Morgan fingerprint density at radius 1 is 1.33 bits per heavy atom. The van der Waals surface area contributed by atoms with Crippen molar-refractivity contribution in [3.8, 4) is 11.8 Å². The van der Waals surface area contributed by atoms with Gasteiger partial charge in [-0.1, -0.05) is 24.0 Å². The standard InChI is InChI=1S/C14H14N2O3S2/c17-9-4-3-6-12-5-1-2-7-13(12)21(18,19)16-11-14-15-8-10-20-14/h1-2,5,7-8,10,16-17H,4,9,11H2. The van der Waals surface area contributed by atoms with Crippen LogP contribution >= 0.6 is 11.3 Å². The van der Waals surface area contributed by atoms with Gasteiger partial charge in [0.25, 0.3) is 0 Å². The number of rotatable bonds is 5. The molecule has 2 aromatic rings. The Kier molecular flexibility index (Phi) is 5.47. The second-order valence-corrected chi connectivity index (χ2v) is 6.74. The zero-order valence-corrected chi connectivity index (χ0v) is 12.7. The highest BCUT2D eigenvalue weighted by Gasteiger charge is 2.17. The summed E-state index contributed by atoms with van der Waals surface area (Å²) in [6.45, 7) is 0.0998. The van der Waals surface area contributed by atoms with Crippen molar-refractivity contribution in [3.63, 3.8) is 0 Å². The highest BCUT2D eigenvalue weighted by Crippen LogP contribution is 2.15. The summed E-state index contributed by atoms with van der Waals surface area (Å²) in [7, 11) is -3.65. The van der Waals surface area contributed by atoms with Gasteiger partial charge in [-0.05, 0) is 12.1 Å². The highest BCUT2D eigenvalue weighted by molar-refractivity contribution is 7.89. The highest BCUT2D eigenvalue weighted by atomic mass is 32.2. The van der Waals surface area contributed by atoms with Crippen molar-refractivity contribution in [1.82, 2.24) is 9.71 Å². The van der Waals surface area contributed by atoms with Crippen molar-refractivity contribution in [2.24, 2.45) is 0 Å². The summed E-state index contributed by atoms with van der Waals surface area (Å²) >= 11 is 1.39. The van der Waals surface area contributed by atoms with E-state index in [0.717, 1.165) is 0 Å². The molecule has 0 amide bonds. The number of nitrogens with zero attached hydrogens (tertiary/aromatic N) is 1. The van der Waals surface area contributed by atoms with Crippen molar-refractivity contribution in [2.75, 3.05) is 6.61 Å². The first kappa shape index (κ1) is 15.7. The van der Waals surface area contributed by atoms with E-state index in [0.29, 0.717) is 17.0 Å². The van der Waals surface area contributed by atoms with Crippen LogP contribution in [0.1, 0.15) is 17.0 Å². The molecule has 0 aliphatic carbocycles. The topological polar surface area (TPSA) is 79.3 Å². The largest absolute Gasteiger partial charge is 0.395 e. The predicted molar refractivity (Wildman–Crippen MR) is 81.2 cm³/mol. The van der Waals surface area contributed by atoms with E-state index in [9.17, 15) is 8.42 Å². The first-order chi connectivity index (χ1) is 10.1. The summed E-state index contributed by atoms with van der Waals surface area (Å²) < 4.78 is 27.2. The minimum atomic E-state index is -3.65. The summed E-state index contributed by atoms with van der Waals surface area (Å²) in [5, 5.41) is 11.2. The fraction of sp³-hybridized carbons (Fsp3) is 0.214. The summed E-state index contributed by atoms with van der Waals surface area (Å²) in [6, 6.07) is 6.52. The van der Waals surface area contributed by atoms with Gasteiger partial charge in [-0.3, -0.25) is 0 Å². The number of aliphatic hydroxyl groups is 1. The molecule has 1 aromatic carbocycles. The molecule has 0 atom stereocenters. The average Bonchev–Trinajstić information content (AvgIpc) is 2.99. The summed E-state index contributed by atoms with van der Waals surface area (Å²) in [4.78, 5) is 4.16. The number of hydrogen-bond acceptors (Lipinski definition) is 5. The lowest BCUT2D eigenvalue weighted by Crippen LogP contribution is -2.24. The van der Waals surface area contributed by atoms with Crippen molar-refractivity contribution < 1.29 is 13.5 Å². The average molecular weight is 322 g/mol. The van der Waals surface area contributed by atoms with Gasteiger partial charge in [0.1, 0.15) is 5.01 Å². The van der Waals surface area contributed by atoms with E-state index in [1.54, 1.807) is 29.8 Å². The molecular formula is C14H14N2O3S2. The van der Waals surface area contributed by atoms with Gasteiger partial charge in [0.15, 0.2) is 0 Å². The van der Waals surface area contributed by atoms with Gasteiger partial charge in [0, 0.05) is 23.6 Å². The van der Waals surface area contributed by atoms with Crippen LogP contribution in [0.2, 0.25) is 0 Å². The van der Waals surface area contributed by atoms with Crippen LogP contribution in [-0.2, 0) is 16.6 Å². The van der Waals surface area contributed by atoms with Crippen molar-refractivity contribution in [1.29, 1.82) is 0 Å². The van der Waals surface area contributed by atoms with Gasteiger partial charge >= 0.3 is 0 Å². The number of aromatic nitrogens is 1. The van der Waals surface area contributed by atoms with E-state index >= 15 is 0 Å². The molecule has 0 aliphatic rings. The van der Waals surface area contributed by atoms with E-state index < -0.39 is 10.0 Å². The number of nitrogens with one attached hydrogen (secondary N) is 1. The third-order valence-electron chi connectivity index (χ3n) is 2.53. The molecule has 2 N–H and O–H groups in total. The van der Waals surface area contributed by atoms with Gasteiger partial charge in [-0.25, -0.2) is 18.1 Å². The SMILES string of the molecule is O=S(=O)(NCc1nccs1)c1ccccc1C#CCCO. The molecule has 0 saturated heterocycles. The van der Waals surface area contributed by atoms with Crippen LogP contribution in [0.4, 0.5) is 0 Å². The molecule has 21 heavy (non-hydrogen) atoms. The Labute approximate surface area is 127 Å². The molecule has 5 nitrogen and oxygen atoms in total. The Morgan fingerprint density at radius 2 is 2.14 bits per heavy atom. The van der Waals surface area contributed by atoms with Crippen LogP contribution < -0.4 is 4.72 Å². The van der Waals surface area contributed by atoms with E-state index in [4.69, 9.17) is 5.11 Å². The molecule has 0 aliphatic heterocycles. The quantitative estimate of drug-likeness (QED) is 0.815. The molecule has 0 spiro atoms. The second kappa shape index (κ2) is 7.33. The maximum absolute atomic E-state index is 12.3. The second-order valence-electron chi connectivity index (χ2n) is 4.02. The van der Waals surface area contributed by atoms with Crippen molar-refractivity contribution in [3.05, 3.63) is 46.4 Å². The molecule has 1 aromatic heterocycles. The Balaban J connectivity index is 2.21. The van der Waals surface area contributed by atoms with Gasteiger partial charge in [0.05, 0.1) is 18.0 Å². The number of sulfonamides is 1. The van der Waals surface area contributed by atoms with Crippen molar-refractivity contribution >= 4 is 21.4 Å². The van der Waals surface area contributed by atoms with Crippen LogP contribution in [0.15, 0.2) is 40.7 Å². The molecule has 0 unspecified atom stereocenters. The summed E-state index contributed by atoms with van der Waals surface area (Å²) in [5.74, 6) is 5.50. The molecule has 2 rings (SSSR count). The lowest BCUT2D eigenvalue weighted by molar-refractivity contribution is 0.305. The summed E-state index contributed by atoms with van der Waals surface area (Å²) in [5.41, 5.74) is 0.414. The maximum Gasteiger partial charge on any atom is 0.242 e. The van der Waals surface area contributed by atoms with E-state index in [-0.39, 0.29) is 18.0 Å². The molecule has 0 radical (unpaired) electrons. The summed E-state index contributed by atoms with van der Waals surface area (Å²) in [6.07, 6.45) is 1.93. The third kappa shape index (κ3) is 4.37. The lowest BCUT2D eigenvalue weighted by atomic mass is 10.2. The van der Waals surface area contributed by atoms with Gasteiger partial charge in [0.2, 0.25) is 10.0 Å². The fourth-order valence-electron chi connectivity index (χ4n) is 1.59. The maximum atomic E-state index is 12.3. The van der Waals surface area contributed by atoms with Crippen LogP contribution in [0.25, 0.3) is 0 Å². The van der Waals surface area contributed by atoms with Gasteiger partial charge in [-0.2, -0.15) is 0 Å². The smallest absolute Gasteiger partial charge is 0.242 e. The predicted octanol–water partition coefficient (Wildman–Crippen LogP) is 1.36. The Morgan fingerprint density at radius 3 is 2.86 bits per heavy atom. The minimum absolute atomic E-state index is 0.0514. The first-order valence-corrected chi connectivity index (χ1v) is 8.56. The Hall–Kier alpha value is -1.72. The monoisotopic (exact) mass is 322 g/mol. The normalized spacial score (nSPS) is 10.9. The van der Waals surface area contributed by atoms with E-state index in [1.807, 2.05) is 0 Å². The molecule has 1 heterocycles. The number of benzene rings is 1. The Bertz CT molecular complexity index is 744. The van der Waals surface area contributed by atoms with Gasteiger partial charge < -0.3 is 5.11 Å². The molecule has 0 fully saturated rings. The molecule has 0 bridgehead atoms. The van der Waals surface area contributed by atoms with Crippen LogP contribution in [0.3, 0.4) is 0 Å². The lowest BCUT2D eigenvalue weighted by Gasteiger charge is -2.07. The van der Waals surface area contributed by atoms with Crippen LogP contribution in [0.5, 0.6) is 0 Å². The molecular weight excluding hydrogens is 308 g/mol. The number of thiazole rings is 1. The zero-order valence-electron chi connectivity index (χ0n) is 11.1. The van der Waals surface area contributed by atoms with Crippen molar-refractivity contribution in [2.45, 2.75) is 17.9 Å². The fourth-order valence-corrected chi connectivity index (χ4v) is 3.39. The minimum Gasteiger partial charge on any atom is -0.395 e. The van der Waals surface area contributed by atoms with E-state index in [1.165, 1.54) is 17.4 Å². The number of aliphatic hydroxyl groups excluding tert-OH is 1. The van der Waals surface area contributed by atoms with Crippen LogP contribution in [-0.4, -0.2) is 25.1 Å². The van der Waals surface area contributed by atoms with Crippen LogP contribution in [0, 0.1) is 11.8 Å². The first-order valence-electron chi connectivity index (χ1n) is 6.20. The molecule has 7 heteroatoms. The zero-order chi connectivity index (χ0) is 15.1. The van der Waals surface area contributed by atoms with Gasteiger partial charge in [-0.15, -0.1) is 11.3 Å². The van der Waals surface area contributed by atoms with E-state index in [2.05, 4.69) is 21.5 Å².